The topological polar surface area (TPSA) is 89.1 Å². The van der Waals surface area contributed by atoms with Crippen LogP contribution in [0.15, 0.2) is 29.6 Å². The van der Waals surface area contributed by atoms with Crippen molar-refractivity contribution in [1.29, 1.82) is 0 Å². The standard InChI is InChI=1S/C22H29N3O5S/c1-28-17-13-16(14-18(29-2)21(17)30-3)23-20(26)8-11-25-9-6-15(7-10-25)24-22(27)19-5-4-12-31-19/h4-5,12-15H,6-11H2,1-3H3,(H,23,26)(H,24,27). The summed E-state index contributed by atoms with van der Waals surface area (Å²) < 4.78 is 16.0. The van der Waals surface area contributed by atoms with Crippen molar-refractivity contribution < 1.29 is 23.8 Å². The number of nitrogens with zero attached hydrogens (tertiary/aromatic N) is 1. The van der Waals surface area contributed by atoms with E-state index in [0.717, 1.165) is 30.8 Å². The number of amides is 2. The predicted octanol–water partition coefficient (Wildman–Crippen LogP) is 3.00. The Balaban J connectivity index is 1.44. The number of methoxy groups -OCH3 is 3. The Morgan fingerprint density at radius 2 is 1.77 bits per heavy atom. The number of benzene rings is 1. The van der Waals surface area contributed by atoms with E-state index in [-0.39, 0.29) is 17.9 Å². The van der Waals surface area contributed by atoms with Gasteiger partial charge in [0, 0.05) is 49.9 Å². The molecule has 0 spiro atoms. The number of hydrogen-bond donors (Lipinski definition) is 2. The molecule has 1 aliphatic rings. The lowest BCUT2D eigenvalue weighted by atomic mass is 10.0. The van der Waals surface area contributed by atoms with Gasteiger partial charge in [0.25, 0.3) is 5.91 Å². The highest BCUT2D eigenvalue weighted by atomic mass is 32.1. The van der Waals surface area contributed by atoms with Gasteiger partial charge in [-0.15, -0.1) is 11.3 Å². The highest BCUT2D eigenvalue weighted by Gasteiger charge is 2.22. The maximum absolute atomic E-state index is 12.4. The molecule has 1 fully saturated rings. The molecular weight excluding hydrogens is 418 g/mol. The summed E-state index contributed by atoms with van der Waals surface area (Å²) >= 11 is 1.45. The molecule has 0 saturated carbocycles. The number of likely N-dealkylation sites (tertiary alicyclic amines) is 1. The van der Waals surface area contributed by atoms with Crippen molar-refractivity contribution in [2.45, 2.75) is 25.3 Å². The minimum absolute atomic E-state index is 0.00169. The molecule has 9 heteroatoms. The number of anilines is 1. The Labute approximate surface area is 186 Å². The Bertz CT molecular complexity index is 854. The highest BCUT2D eigenvalue weighted by molar-refractivity contribution is 7.12. The van der Waals surface area contributed by atoms with E-state index in [9.17, 15) is 9.59 Å². The van der Waals surface area contributed by atoms with E-state index < -0.39 is 0 Å². The number of rotatable bonds is 9. The van der Waals surface area contributed by atoms with Gasteiger partial charge in [0.05, 0.1) is 26.2 Å². The molecule has 0 radical (unpaired) electrons. The summed E-state index contributed by atoms with van der Waals surface area (Å²) in [5, 5.41) is 7.90. The number of nitrogens with one attached hydrogen (secondary N) is 2. The summed E-state index contributed by atoms with van der Waals surface area (Å²) in [4.78, 5) is 27.6. The van der Waals surface area contributed by atoms with Gasteiger partial charge < -0.3 is 29.7 Å². The fourth-order valence-electron chi connectivity index (χ4n) is 3.60. The van der Waals surface area contributed by atoms with Gasteiger partial charge >= 0.3 is 0 Å². The molecule has 1 aromatic heterocycles. The van der Waals surface area contributed by atoms with Crippen molar-refractivity contribution in [2.24, 2.45) is 0 Å². The first-order valence-corrected chi connectivity index (χ1v) is 11.1. The lowest BCUT2D eigenvalue weighted by molar-refractivity contribution is -0.116. The van der Waals surface area contributed by atoms with Crippen LogP contribution in [0.2, 0.25) is 0 Å². The molecule has 8 nitrogen and oxygen atoms in total. The van der Waals surface area contributed by atoms with Crippen LogP contribution in [0.25, 0.3) is 0 Å². The maximum atomic E-state index is 12.4. The fourth-order valence-corrected chi connectivity index (χ4v) is 4.23. The lowest BCUT2D eigenvalue weighted by Gasteiger charge is -2.32. The molecule has 1 aromatic carbocycles. The second kappa shape index (κ2) is 11.0. The van der Waals surface area contributed by atoms with Gasteiger partial charge in [0.1, 0.15) is 0 Å². The zero-order valence-electron chi connectivity index (χ0n) is 18.1. The molecular formula is C22H29N3O5S. The molecule has 0 atom stereocenters. The second-order valence-electron chi connectivity index (χ2n) is 7.28. The third-order valence-electron chi connectivity index (χ3n) is 5.27. The molecule has 3 rings (SSSR count). The van der Waals surface area contributed by atoms with E-state index in [1.807, 2.05) is 17.5 Å². The first-order chi connectivity index (χ1) is 15.0. The highest BCUT2D eigenvalue weighted by Crippen LogP contribution is 2.39. The van der Waals surface area contributed by atoms with Crippen LogP contribution in [-0.4, -0.2) is 63.7 Å². The monoisotopic (exact) mass is 447 g/mol. The van der Waals surface area contributed by atoms with Gasteiger partial charge in [-0.2, -0.15) is 0 Å². The molecule has 2 aromatic rings. The van der Waals surface area contributed by atoms with Crippen molar-refractivity contribution in [3.05, 3.63) is 34.5 Å². The number of hydrogen-bond acceptors (Lipinski definition) is 7. The summed E-state index contributed by atoms with van der Waals surface area (Å²) in [6, 6.07) is 7.31. The van der Waals surface area contributed by atoms with E-state index in [4.69, 9.17) is 14.2 Å². The van der Waals surface area contributed by atoms with Crippen molar-refractivity contribution in [3.8, 4) is 17.2 Å². The molecule has 2 heterocycles. The van der Waals surface area contributed by atoms with Gasteiger partial charge in [0.15, 0.2) is 11.5 Å². The second-order valence-corrected chi connectivity index (χ2v) is 8.23. The molecule has 0 unspecified atom stereocenters. The van der Waals surface area contributed by atoms with Gasteiger partial charge in [-0.05, 0) is 24.3 Å². The SMILES string of the molecule is COc1cc(NC(=O)CCN2CCC(NC(=O)c3cccs3)CC2)cc(OC)c1OC. The molecule has 2 N–H and O–H groups in total. The lowest BCUT2D eigenvalue weighted by Crippen LogP contribution is -2.45. The first kappa shape index (κ1) is 22.9. The Hall–Kier alpha value is -2.78. The average Bonchev–Trinajstić information content (AvgIpc) is 3.33. The van der Waals surface area contributed by atoms with Crippen LogP contribution in [0.3, 0.4) is 0 Å². The van der Waals surface area contributed by atoms with Gasteiger partial charge in [-0.3, -0.25) is 9.59 Å². The number of ether oxygens (including phenoxy) is 3. The molecule has 0 aliphatic carbocycles. The van der Waals surface area contributed by atoms with E-state index in [1.54, 1.807) is 12.1 Å². The van der Waals surface area contributed by atoms with Crippen LogP contribution in [0.4, 0.5) is 5.69 Å². The van der Waals surface area contributed by atoms with Crippen molar-refractivity contribution in [2.75, 3.05) is 46.3 Å². The quantitative estimate of drug-likeness (QED) is 0.614. The van der Waals surface area contributed by atoms with Crippen LogP contribution in [0.5, 0.6) is 17.2 Å². The first-order valence-electron chi connectivity index (χ1n) is 10.2. The van der Waals surface area contributed by atoms with Crippen LogP contribution in [0.1, 0.15) is 28.9 Å². The van der Waals surface area contributed by atoms with Gasteiger partial charge in [-0.1, -0.05) is 6.07 Å². The number of thiophene rings is 1. The smallest absolute Gasteiger partial charge is 0.261 e. The largest absolute Gasteiger partial charge is 0.493 e. The summed E-state index contributed by atoms with van der Waals surface area (Å²) in [6.07, 6.45) is 2.14. The van der Waals surface area contributed by atoms with Crippen LogP contribution < -0.4 is 24.8 Å². The summed E-state index contributed by atoms with van der Waals surface area (Å²) in [5.74, 6) is 1.38. The Kier molecular flexibility index (Phi) is 8.13. The Morgan fingerprint density at radius 1 is 1.10 bits per heavy atom. The number of carbonyl (C=O) groups excluding carboxylic acids is 2. The minimum Gasteiger partial charge on any atom is -0.493 e. The zero-order valence-corrected chi connectivity index (χ0v) is 18.9. The summed E-state index contributed by atoms with van der Waals surface area (Å²) in [5.41, 5.74) is 0.592. The molecule has 31 heavy (non-hydrogen) atoms. The molecule has 1 aliphatic heterocycles. The molecule has 2 amide bonds. The van der Waals surface area contributed by atoms with Crippen LogP contribution in [-0.2, 0) is 4.79 Å². The summed E-state index contributed by atoms with van der Waals surface area (Å²) in [7, 11) is 4.61. The van der Waals surface area contributed by atoms with Crippen molar-refractivity contribution in [3.63, 3.8) is 0 Å². The predicted molar refractivity (Wildman–Crippen MR) is 121 cm³/mol. The fraction of sp³-hybridized carbons (Fsp3) is 0.455. The van der Waals surface area contributed by atoms with E-state index in [2.05, 4.69) is 15.5 Å². The van der Waals surface area contributed by atoms with E-state index >= 15 is 0 Å². The summed E-state index contributed by atoms with van der Waals surface area (Å²) in [6.45, 7) is 2.38. The normalized spacial score (nSPS) is 14.7. The Morgan fingerprint density at radius 3 is 2.32 bits per heavy atom. The van der Waals surface area contributed by atoms with Crippen molar-refractivity contribution >= 4 is 28.8 Å². The third-order valence-corrected chi connectivity index (χ3v) is 6.14. The van der Waals surface area contributed by atoms with Crippen LogP contribution in [0, 0.1) is 0 Å². The molecule has 0 bridgehead atoms. The minimum atomic E-state index is -0.0811. The van der Waals surface area contributed by atoms with Gasteiger partial charge in [0.2, 0.25) is 11.7 Å². The number of piperidine rings is 1. The zero-order chi connectivity index (χ0) is 22.2. The van der Waals surface area contributed by atoms with Crippen molar-refractivity contribution in [1.82, 2.24) is 10.2 Å². The maximum Gasteiger partial charge on any atom is 0.261 e. The average molecular weight is 448 g/mol. The van der Waals surface area contributed by atoms with E-state index in [1.165, 1.54) is 32.7 Å². The van der Waals surface area contributed by atoms with E-state index in [0.29, 0.717) is 35.9 Å². The number of carbonyl (C=O) groups is 2. The molecule has 1 saturated heterocycles. The van der Waals surface area contributed by atoms with Crippen LogP contribution >= 0.6 is 11.3 Å². The third kappa shape index (κ3) is 6.11. The van der Waals surface area contributed by atoms with Gasteiger partial charge in [-0.25, -0.2) is 0 Å². The molecule has 168 valence electrons.